The first kappa shape index (κ1) is 13.1. The molecule has 0 saturated heterocycles. The number of rotatable bonds is 3. The van der Waals surface area contributed by atoms with Crippen LogP contribution in [-0.4, -0.2) is 23.3 Å². The van der Waals surface area contributed by atoms with Crippen LogP contribution >= 0.6 is 11.3 Å². The van der Waals surface area contributed by atoms with E-state index in [1.807, 2.05) is 41.8 Å². The van der Waals surface area contributed by atoms with E-state index in [0.29, 0.717) is 12.8 Å². The van der Waals surface area contributed by atoms with E-state index in [1.165, 1.54) is 11.3 Å². The van der Waals surface area contributed by atoms with Gasteiger partial charge in [0.2, 0.25) is 0 Å². The first-order chi connectivity index (χ1) is 9.65. The van der Waals surface area contributed by atoms with Crippen molar-refractivity contribution in [2.45, 2.75) is 18.4 Å². The minimum absolute atomic E-state index is 0.249. The second-order valence-corrected chi connectivity index (χ2v) is 6.08. The van der Waals surface area contributed by atoms with Gasteiger partial charge in [-0.05, 0) is 28.6 Å². The number of anilines is 1. The first-order valence-corrected chi connectivity index (χ1v) is 7.40. The summed E-state index contributed by atoms with van der Waals surface area (Å²) in [6.45, 7) is 0.249. The second kappa shape index (κ2) is 5.26. The average molecular weight is 288 g/mol. The van der Waals surface area contributed by atoms with Gasteiger partial charge < -0.3 is 10.4 Å². The minimum Gasteiger partial charge on any atom is -0.387 e. The summed E-state index contributed by atoms with van der Waals surface area (Å²) in [6, 6.07) is 11.4. The molecule has 0 bridgehead atoms. The van der Waals surface area contributed by atoms with Crippen LogP contribution in [0.4, 0.5) is 9.80 Å². The molecule has 0 fully saturated rings. The number of carbonyl (C=O) groups excluding carboxylic acids is 1. The number of carbonyl (C=O) groups is 1. The monoisotopic (exact) mass is 288 g/mol. The minimum atomic E-state index is -0.878. The Morgan fingerprint density at radius 3 is 2.50 bits per heavy atom. The highest BCUT2D eigenvalue weighted by Crippen LogP contribution is 2.29. The number of nitrogens with one attached hydrogen (secondary N) is 2. The molecule has 4 nitrogen and oxygen atoms in total. The van der Waals surface area contributed by atoms with Gasteiger partial charge in [-0.2, -0.15) is 0 Å². The number of urea groups is 1. The van der Waals surface area contributed by atoms with Crippen molar-refractivity contribution in [3.63, 3.8) is 0 Å². The first-order valence-electron chi connectivity index (χ1n) is 6.52. The van der Waals surface area contributed by atoms with Crippen LogP contribution in [0.5, 0.6) is 0 Å². The molecular weight excluding hydrogens is 272 g/mol. The number of hydrogen-bond donors (Lipinski definition) is 3. The van der Waals surface area contributed by atoms with E-state index in [9.17, 15) is 9.90 Å². The maximum absolute atomic E-state index is 11.8. The summed E-state index contributed by atoms with van der Waals surface area (Å²) in [7, 11) is 0. The van der Waals surface area contributed by atoms with Crippen molar-refractivity contribution in [3.05, 3.63) is 52.9 Å². The number of thiophene rings is 1. The molecule has 0 aliphatic heterocycles. The van der Waals surface area contributed by atoms with Crippen LogP contribution in [0.2, 0.25) is 0 Å². The zero-order chi connectivity index (χ0) is 14.0. The Labute approximate surface area is 121 Å². The second-order valence-electron chi connectivity index (χ2n) is 5.13. The lowest BCUT2D eigenvalue weighted by Crippen LogP contribution is -2.44. The molecular formula is C15H16N2O2S. The van der Waals surface area contributed by atoms with E-state index >= 15 is 0 Å². The Balaban J connectivity index is 1.55. The lowest BCUT2D eigenvalue weighted by molar-refractivity contribution is 0.0542. The van der Waals surface area contributed by atoms with E-state index in [-0.39, 0.29) is 12.6 Å². The van der Waals surface area contributed by atoms with Crippen molar-refractivity contribution in [2.75, 3.05) is 11.9 Å². The van der Waals surface area contributed by atoms with Gasteiger partial charge in [-0.25, -0.2) is 4.79 Å². The zero-order valence-electron chi connectivity index (χ0n) is 10.9. The van der Waals surface area contributed by atoms with Gasteiger partial charge in [0.05, 0.1) is 10.6 Å². The van der Waals surface area contributed by atoms with Gasteiger partial charge in [-0.1, -0.05) is 24.3 Å². The molecule has 2 aromatic rings. The van der Waals surface area contributed by atoms with E-state index in [1.54, 1.807) is 0 Å². The third-order valence-corrected chi connectivity index (χ3v) is 4.28. The van der Waals surface area contributed by atoms with Crippen LogP contribution in [0.3, 0.4) is 0 Å². The predicted octanol–water partition coefficient (Wildman–Crippen LogP) is 2.40. The molecule has 1 heterocycles. The number of amides is 2. The Morgan fingerprint density at radius 2 is 1.90 bits per heavy atom. The van der Waals surface area contributed by atoms with E-state index < -0.39 is 5.60 Å². The van der Waals surface area contributed by atoms with Gasteiger partial charge in [0.15, 0.2) is 0 Å². The third-order valence-electron chi connectivity index (χ3n) is 3.49. The molecule has 1 aliphatic rings. The van der Waals surface area contributed by atoms with Gasteiger partial charge in [0, 0.05) is 19.4 Å². The number of fused-ring (bicyclic) bond motifs is 1. The predicted molar refractivity (Wildman–Crippen MR) is 80.1 cm³/mol. The zero-order valence-corrected chi connectivity index (χ0v) is 11.7. The molecule has 1 aromatic heterocycles. The van der Waals surface area contributed by atoms with Crippen molar-refractivity contribution < 1.29 is 9.90 Å². The standard InChI is InChI=1S/C15H16N2O2S/c18-14(17-13-6-3-7-20-13)16-10-15(19)8-11-4-1-2-5-12(11)9-15/h1-7,19H,8-10H2,(H2,16,17,18). The smallest absolute Gasteiger partial charge is 0.319 e. The molecule has 0 spiro atoms. The molecule has 5 heteroatoms. The van der Waals surface area contributed by atoms with E-state index in [0.717, 1.165) is 16.1 Å². The summed E-state index contributed by atoms with van der Waals surface area (Å²) in [6.07, 6.45) is 1.17. The molecule has 1 aliphatic carbocycles. The van der Waals surface area contributed by atoms with Gasteiger partial charge in [0.25, 0.3) is 0 Å². The fraction of sp³-hybridized carbons (Fsp3) is 0.267. The van der Waals surface area contributed by atoms with Gasteiger partial charge >= 0.3 is 6.03 Å². The Kier molecular flexibility index (Phi) is 3.46. The largest absolute Gasteiger partial charge is 0.387 e. The van der Waals surface area contributed by atoms with Crippen molar-refractivity contribution >= 4 is 22.4 Å². The van der Waals surface area contributed by atoms with Gasteiger partial charge in [0.1, 0.15) is 0 Å². The van der Waals surface area contributed by atoms with E-state index in [2.05, 4.69) is 10.6 Å². The molecule has 20 heavy (non-hydrogen) atoms. The third kappa shape index (κ3) is 2.84. The topological polar surface area (TPSA) is 61.4 Å². The van der Waals surface area contributed by atoms with Gasteiger partial charge in [-0.15, -0.1) is 11.3 Å². The van der Waals surface area contributed by atoms with Crippen LogP contribution < -0.4 is 10.6 Å². The van der Waals surface area contributed by atoms with Gasteiger partial charge in [-0.3, -0.25) is 5.32 Å². The molecule has 3 rings (SSSR count). The summed E-state index contributed by atoms with van der Waals surface area (Å²) in [4.78, 5) is 11.8. The molecule has 0 saturated carbocycles. The van der Waals surface area contributed by atoms with Crippen LogP contribution in [-0.2, 0) is 12.8 Å². The quantitative estimate of drug-likeness (QED) is 0.812. The Hall–Kier alpha value is -1.85. The maximum Gasteiger partial charge on any atom is 0.319 e. The van der Waals surface area contributed by atoms with Crippen molar-refractivity contribution in [1.82, 2.24) is 5.32 Å². The Morgan fingerprint density at radius 1 is 1.20 bits per heavy atom. The van der Waals surface area contributed by atoms with Crippen LogP contribution in [0.15, 0.2) is 41.8 Å². The summed E-state index contributed by atoms with van der Waals surface area (Å²) in [5.74, 6) is 0. The van der Waals surface area contributed by atoms with Crippen LogP contribution in [0.25, 0.3) is 0 Å². The molecule has 104 valence electrons. The van der Waals surface area contributed by atoms with Crippen LogP contribution in [0, 0.1) is 0 Å². The highest BCUT2D eigenvalue weighted by Gasteiger charge is 2.35. The summed E-state index contributed by atoms with van der Waals surface area (Å²) < 4.78 is 0. The van der Waals surface area contributed by atoms with Crippen molar-refractivity contribution in [1.29, 1.82) is 0 Å². The van der Waals surface area contributed by atoms with E-state index in [4.69, 9.17) is 0 Å². The lowest BCUT2D eigenvalue weighted by Gasteiger charge is -2.22. The molecule has 0 radical (unpaired) electrons. The maximum atomic E-state index is 11.8. The summed E-state index contributed by atoms with van der Waals surface area (Å²) in [5, 5.41) is 18.7. The highest BCUT2D eigenvalue weighted by atomic mass is 32.1. The summed E-state index contributed by atoms with van der Waals surface area (Å²) in [5.41, 5.74) is 1.45. The number of aliphatic hydroxyl groups is 1. The molecule has 2 amide bonds. The number of hydrogen-bond acceptors (Lipinski definition) is 3. The fourth-order valence-corrected chi connectivity index (χ4v) is 3.16. The molecule has 3 N–H and O–H groups in total. The fourth-order valence-electron chi connectivity index (χ4n) is 2.55. The Bertz CT molecular complexity index is 585. The van der Waals surface area contributed by atoms with Crippen LogP contribution in [0.1, 0.15) is 11.1 Å². The summed E-state index contributed by atoms with van der Waals surface area (Å²) >= 11 is 1.46. The normalized spacial score (nSPS) is 15.7. The number of benzene rings is 1. The molecule has 1 aromatic carbocycles. The average Bonchev–Trinajstić information content (AvgIpc) is 3.03. The molecule has 0 unspecified atom stereocenters. The molecule has 0 atom stereocenters. The lowest BCUT2D eigenvalue weighted by atomic mass is 10.0. The SMILES string of the molecule is O=C(NCC1(O)Cc2ccccc2C1)Nc1cccs1. The van der Waals surface area contributed by atoms with Crippen molar-refractivity contribution in [3.8, 4) is 0 Å². The highest BCUT2D eigenvalue weighted by molar-refractivity contribution is 7.14. The van der Waals surface area contributed by atoms with Crippen molar-refractivity contribution in [2.24, 2.45) is 0 Å².